The molecule has 0 bridgehead atoms. The first-order valence-corrected chi connectivity index (χ1v) is 10.4. The lowest BCUT2D eigenvalue weighted by molar-refractivity contribution is -0.111. The van der Waals surface area contributed by atoms with Crippen LogP contribution in [0.1, 0.15) is 5.76 Å². The molecule has 5 rings (SSSR count). The lowest BCUT2D eigenvalue weighted by atomic mass is 10.2. The van der Waals surface area contributed by atoms with Crippen LogP contribution < -0.4 is 5.32 Å². The van der Waals surface area contributed by atoms with Crippen molar-refractivity contribution in [1.29, 1.82) is 0 Å². The van der Waals surface area contributed by atoms with Crippen LogP contribution in [0.5, 0.6) is 0 Å². The zero-order valence-electron chi connectivity index (χ0n) is 16.9. The fraction of sp³-hybridized carbons (Fsp3) is 0. The number of nitrogens with one attached hydrogen (secondary N) is 2. The van der Waals surface area contributed by atoms with Crippen molar-refractivity contribution >= 4 is 40.3 Å². The number of para-hydroxylation sites is 2. The van der Waals surface area contributed by atoms with Crippen LogP contribution in [0.15, 0.2) is 95.4 Å². The molecule has 0 saturated carbocycles. The number of nitrogens with zero attached hydrogens (tertiary/aromatic N) is 1. The summed E-state index contributed by atoms with van der Waals surface area (Å²) in [6, 6.07) is 26.7. The molecule has 0 saturated heterocycles. The molecule has 5 nitrogen and oxygen atoms in total. The number of H-pyrrole nitrogens is 1. The molecular weight excluding hydrogens is 422 g/mol. The molecule has 3 aromatic carbocycles. The van der Waals surface area contributed by atoms with Crippen LogP contribution in [-0.4, -0.2) is 15.9 Å². The molecule has 0 fully saturated rings. The molecule has 0 unspecified atom stereocenters. The minimum atomic E-state index is -0.314. The average molecular weight is 440 g/mol. The monoisotopic (exact) mass is 439 g/mol. The molecular formula is C26H18ClN3O2. The predicted octanol–water partition coefficient (Wildman–Crippen LogP) is 6.80. The maximum Gasteiger partial charge on any atom is 0.248 e. The second-order valence-corrected chi connectivity index (χ2v) is 7.60. The second-order valence-electron chi connectivity index (χ2n) is 7.19. The SMILES string of the molecule is O=C(/C=C/c1ccc(-c2ccccc2)o1)Nc1cc(-c2nc3ccccc3[nH]2)ccc1Cl. The molecule has 0 aliphatic rings. The molecule has 156 valence electrons. The normalized spacial score (nSPS) is 11.3. The molecule has 0 radical (unpaired) electrons. The number of benzene rings is 3. The van der Waals surface area contributed by atoms with Crippen LogP contribution in [0, 0.1) is 0 Å². The van der Waals surface area contributed by atoms with Gasteiger partial charge in [-0.2, -0.15) is 0 Å². The second kappa shape index (κ2) is 8.57. The number of imidazole rings is 1. The van der Waals surface area contributed by atoms with Gasteiger partial charge in [-0.1, -0.05) is 54.1 Å². The van der Waals surface area contributed by atoms with Crippen LogP contribution in [0.2, 0.25) is 5.02 Å². The van der Waals surface area contributed by atoms with Gasteiger partial charge in [0.05, 0.1) is 21.7 Å². The quantitative estimate of drug-likeness (QED) is 0.296. The van der Waals surface area contributed by atoms with Crippen LogP contribution in [0.25, 0.3) is 39.8 Å². The van der Waals surface area contributed by atoms with Crippen molar-refractivity contribution in [1.82, 2.24) is 9.97 Å². The van der Waals surface area contributed by atoms with Crippen molar-refractivity contribution in [3.63, 3.8) is 0 Å². The summed E-state index contributed by atoms with van der Waals surface area (Å²) in [7, 11) is 0. The summed E-state index contributed by atoms with van der Waals surface area (Å²) in [5, 5.41) is 3.26. The fourth-order valence-electron chi connectivity index (χ4n) is 3.39. The number of aromatic nitrogens is 2. The number of furan rings is 1. The molecule has 1 amide bonds. The van der Waals surface area contributed by atoms with Crippen molar-refractivity contribution < 1.29 is 9.21 Å². The van der Waals surface area contributed by atoms with Crippen LogP contribution in [0.4, 0.5) is 5.69 Å². The molecule has 0 aliphatic carbocycles. The Morgan fingerprint density at radius 3 is 2.59 bits per heavy atom. The highest BCUT2D eigenvalue weighted by molar-refractivity contribution is 6.34. The van der Waals surface area contributed by atoms with Gasteiger partial charge in [0.2, 0.25) is 5.91 Å². The van der Waals surface area contributed by atoms with Crippen LogP contribution >= 0.6 is 11.6 Å². The van der Waals surface area contributed by atoms with E-state index in [4.69, 9.17) is 16.0 Å². The topological polar surface area (TPSA) is 70.9 Å². The summed E-state index contributed by atoms with van der Waals surface area (Å²) in [6.45, 7) is 0. The minimum absolute atomic E-state index is 0.314. The van der Waals surface area contributed by atoms with Gasteiger partial charge in [0.15, 0.2) is 0 Å². The zero-order chi connectivity index (χ0) is 21.9. The summed E-state index contributed by atoms with van der Waals surface area (Å²) in [4.78, 5) is 20.4. The van der Waals surface area contributed by atoms with Gasteiger partial charge in [0, 0.05) is 17.2 Å². The number of anilines is 1. The third-order valence-electron chi connectivity index (χ3n) is 4.97. The number of halogens is 1. The highest BCUT2D eigenvalue weighted by Crippen LogP contribution is 2.29. The van der Waals surface area contributed by atoms with Crippen molar-refractivity contribution in [2.24, 2.45) is 0 Å². The van der Waals surface area contributed by atoms with E-state index in [0.717, 1.165) is 27.9 Å². The molecule has 6 heteroatoms. The number of fused-ring (bicyclic) bond motifs is 1. The van der Waals surface area contributed by atoms with Gasteiger partial charge < -0.3 is 14.7 Å². The Balaban J connectivity index is 1.32. The summed E-state index contributed by atoms with van der Waals surface area (Å²) >= 11 is 6.31. The van der Waals surface area contributed by atoms with E-state index >= 15 is 0 Å². The Labute approximate surface area is 189 Å². The number of aromatic amines is 1. The van der Waals surface area contributed by atoms with Gasteiger partial charge in [-0.3, -0.25) is 4.79 Å². The highest BCUT2D eigenvalue weighted by atomic mass is 35.5. The Bertz CT molecular complexity index is 1400. The van der Waals surface area contributed by atoms with Gasteiger partial charge >= 0.3 is 0 Å². The Morgan fingerprint density at radius 2 is 1.75 bits per heavy atom. The molecule has 5 aromatic rings. The maximum absolute atomic E-state index is 12.5. The predicted molar refractivity (Wildman–Crippen MR) is 128 cm³/mol. The van der Waals surface area contributed by atoms with Crippen molar-refractivity contribution in [2.75, 3.05) is 5.32 Å². The molecule has 0 atom stereocenters. The van der Waals surface area contributed by atoms with Crippen molar-refractivity contribution in [2.45, 2.75) is 0 Å². The van der Waals surface area contributed by atoms with E-state index in [1.54, 1.807) is 18.2 Å². The molecule has 0 aliphatic heterocycles. The van der Waals surface area contributed by atoms with Gasteiger partial charge in [-0.05, 0) is 48.5 Å². The summed E-state index contributed by atoms with van der Waals surface area (Å²) in [5.74, 6) is 1.72. The first-order chi connectivity index (χ1) is 15.7. The smallest absolute Gasteiger partial charge is 0.248 e. The number of rotatable bonds is 5. The lowest BCUT2D eigenvalue weighted by Crippen LogP contribution is -2.08. The Kier molecular flexibility index (Phi) is 5.32. The number of carbonyl (C=O) groups is 1. The Hall–Kier alpha value is -4.09. The zero-order valence-corrected chi connectivity index (χ0v) is 17.6. The first-order valence-electron chi connectivity index (χ1n) is 10.0. The van der Waals surface area contributed by atoms with E-state index in [-0.39, 0.29) is 5.91 Å². The van der Waals surface area contributed by atoms with E-state index in [1.165, 1.54) is 6.08 Å². The third kappa shape index (κ3) is 4.19. The Morgan fingerprint density at radius 1 is 0.938 bits per heavy atom. The number of amides is 1. The summed E-state index contributed by atoms with van der Waals surface area (Å²) in [6.07, 6.45) is 3.04. The van der Waals surface area contributed by atoms with E-state index < -0.39 is 0 Å². The standard InChI is InChI=1S/C26H18ClN3O2/c27-20-13-10-18(26-29-21-8-4-5-9-22(21)30-26)16-23(20)28-25(31)15-12-19-11-14-24(32-19)17-6-2-1-3-7-17/h1-16H,(H,28,31)(H,29,30)/b15-12+. The first kappa shape index (κ1) is 19.8. The van der Waals surface area contributed by atoms with Gasteiger partial charge in [-0.15, -0.1) is 0 Å². The van der Waals surface area contributed by atoms with E-state index in [9.17, 15) is 4.79 Å². The fourth-order valence-corrected chi connectivity index (χ4v) is 3.55. The molecule has 0 spiro atoms. The molecule has 2 N–H and O–H groups in total. The van der Waals surface area contributed by atoms with Crippen LogP contribution in [0.3, 0.4) is 0 Å². The summed E-state index contributed by atoms with van der Waals surface area (Å²) in [5.41, 5.74) is 4.12. The van der Waals surface area contributed by atoms with Crippen LogP contribution in [-0.2, 0) is 4.79 Å². The van der Waals surface area contributed by atoms with E-state index in [2.05, 4.69) is 15.3 Å². The van der Waals surface area contributed by atoms with Gasteiger partial charge in [-0.25, -0.2) is 4.98 Å². The molecule has 2 aromatic heterocycles. The lowest BCUT2D eigenvalue weighted by Gasteiger charge is -2.07. The van der Waals surface area contributed by atoms with Crippen molar-refractivity contribution in [3.05, 3.63) is 102 Å². The minimum Gasteiger partial charge on any atom is -0.457 e. The average Bonchev–Trinajstić information content (AvgIpc) is 3.47. The van der Waals surface area contributed by atoms with Crippen molar-refractivity contribution in [3.8, 4) is 22.7 Å². The molecule has 32 heavy (non-hydrogen) atoms. The largest absolute Gasteiger partial charge is 0.457 e. The number of hydrogen-bond donors (Lipinski definition) is 2. The van der Waals surface area contributed by atoms with E-state index in [0.29, 0.717) is 22.3 Å². The third-order valence-corrected chi connectivity index (χ3v) is 5.30. The number of carbonyl (C=O) groups excluding carboxylic acids is 1. The van der Waals surface area contributed by atoms with Gasteiger partial charge in [0.1, 0.15) is 17.3 Å². The van der Waals surface area contributed by atoms with E-state index in [1.807, 2.05) is 72.8 Å². The van der Waals surface area contributed by atoms with Gasteiger partial charge in [0.25, 0.3) is 0 Å². The molecule has 2 heterocycles. The highest BCUT2D eigenvalue weighted by Gasteiger charge is 2.10. The summed E-state index contributed by atoms with van der Waals surface area (Å²) < 4.78 is 5.79. The number of hydrogen-bond acceptors (Lipinski definition) is 3. The maximum atomic E-state index is 12.5.